The lowest BCUT2D eigenvalue weighted by Crippen LogP contribution is -2.10. The van der Waals surface area contributed by atoms with Crippen molar-refractivity contribution in [2.24, 2.45) is 5.92 Å². The Balaban J connectivity index is 3.64. The molecule has 0 aromatic rings. The third-order valence-electron chi connectivity index (χ3n) is 1.30. The highest BCUT2D eigenvalue weighted by molar-refractivity contribution is 5.72. The SMILES string of the molecule is CCCCC(C#N)C(=O)O. The molecule has 0 aliphatic rings. The second-order valence-corrected chi connectivity index (χ2v) is 2.16. The zero-order valence-corrected chi connectivity index (χ0v) is 6.00. The third kappa shape index (κ3) is 3.08. The largest absolute Gasteiger partial charge is 0.480 e. The lowest BCUT2D eigenvalue weighted by atomic mass is 10.0. The van der Waals surface area contributed by atoms with Gasteiger partial charge >= 0.3 is 5.97 Å². The van der Waals surface area contributed by atoms with Gasteiger partial charge in [0.2, 0.25) is 0 Å². The van der Waals surface area contributed by atoms with Gasteiger partial charge in [-0.3, -0.25) is 4.79 Å². The van der Waals surface area contributed by atoms with Gasteiger partial charge in [-0.05, 0) is 6.42 Å². The molecule has 0 fully saturated rings. The number of unbranched alkanes of at least 4 members (excludes halogenated alkanes) is 1. The van der Waals surface area contributed by atoms with Crippen LogP contribution in [0.15, 0.2) is 0 Å². The van der Waals surface area contributed by atoms with Crippen LogP contribution in [0.4, 0.5) is 0 Å². The number of carboxylic acids is 1. The molecule has 0 saturated heterocycles. The van der Waals surface area contributed by atoms with E-state index in [1.54, 1.807) is 6.07 Å². The van der Waals surface area contributed by atoms with Crippen LogP contribution in [0, 0.1) is 17.2 Å². The average molecular weight is 141 g/mol. The number of nitrogens with zero attached hydrogens (tertiary/aromatic N) is 1. The van der Waals surface area contributed by atoms with E-state index in [1.165, 1.54) is 0 Å². The van der Waals surface area contributed by atoms with E-state index >= 15 is 0 Å². The van der Waals surface area contributed by atoms with Crippen molar-refractivity contribution in [2.45, 2.75) is 26.2 Å². The maximum atomic E-state index is 10.2. The fourth-order valence-electron chi connectivity index (χ4n) is 0.651. The van der Waals surface area contributed by atoms with Crippen LogP contribution >= 0.6 is 0 Å². The minimum absolute atomic E-state index is 0.475. The summed E-state index contributed by atoms with van der Waals surface area (Å²) in [6.07, 6.45) is 2.22. The van der Waals surface area contributed by atoms with Gasteiger partial charge in [-0.1, -0.05) is 19.8 Å². The summed E-state index contributed by atoms with van der Waals surface area (Å²) in [6.45, 7) is 1.97. The van der Waals surface area contributed by atoms with E-state index in [0.717, 1.165) is 12.8 Å². The molecule has 0 spiro atoms. The second-order valence-electron chi connectivity index (χ2n) is 2.16. The number of carboxylic acid groups (broad SMARTS) is 1. The second kappa shape index (κ2) is 4.80. The normalized spacial score (nSPS) is 12.0. The van der Waals surface area contributed by atoms with Crippen LogP contribution in [0.1, 0.15) is 26.2 Å². The van der Waals surface area contributed by atoms with Gasteiger partial charge < -0.3 is 5.11 Å². The topological polar surface area (TPSA) is 61.1 Å². The van der Waals surface area contributed by atoms with Crippen molar-refractivity contribution in [2.75, 3.05) is 0 Å². The summed E-state index contributed by atoms with van der Waals surface area (Å²) < 4.78 is 0. The summed E-state index contributed by atoms with van der Waals surface area (Å²) in [7, 11) is 0. The minimum atomic E-state index is -1.00. The number of nitriles is 1. The van der Waals surface area contributed by atoms with Gasteiger partial charge in [-0.15, -0.1) is 0 Å². The van der Waals surface area contributed by atoms with Crippen molar-refractivity contribution in [3.05, 3.63) is 0 Å². The zero-order valence-electron chi connectivity index (χ0n) is 6.00. The molecule has 0 saturated carbocycles. The molecule has 0 aromatic carbocycles. The van der Waals surface area contributed by atoms with E-state index in [1.807, 2.05) is 6.92 Å². The number of aliphatic carboxylic acids is 1. The number of hydrogen-bond acceptors (Lipinski definition) is 2. The summed E-state index contributed by atoms with van der Waals surface area (Å²) in [5.41, 5.74) is 0. The molecule has 1 atom stereocenters. The van der Waals surface area contributed by atoms with E-state index in [-0.39, 0.29) is 0 Å². The Kier molecular flexibility index (Phi) is 4.30. The number of hydrogen-bond donors (Lipinski definition) is 1. The highest BCUT2D eigenvalue weighted by atomic mass is 16.4. The molecule has 3 heteroatoms. The van der Waals surface area contributed by atoms with Crippen LogP contribution in [0.5, 0.6) is 0 Å². The fraction of sp³-hybridized carbons (Fsp3) is 0.714. The van der Waals surface area contributed by atoms with Crippen LogP contribution in [-0.2, 0) is 4.79 Å². The van der Waals surface area contributed by atoms with E-state index < -0.39 is 11.9 Å². The first-order valence-electron chi connectivity index (χ1n) is 3.34. The smallest absolute Gasteiger partial charge is 0.320 e. The van der Waals surface area contributed by atoms with Crippen LogP contribution < -0.4 is 0 Å². The van der Waals surface area contributed by atoms with Gasteiger partial charge in [0.15, 0.2) is 0 Å². The molecule has 0 bridgehead atoms. The number of carbonyl (C=O) groups is 1. The van der Waals surface area contributed by atoms with Crippen LogP contribution in [-0.4, -0.2) is 11.1 Å². The number of rotatable bonds is 4. The highest BCUT2D eigenvalue weighted by Crippen LogP contribution is 2.06. The minimum Gasteiger partial charge on any atom is -0.480 e. The first-order valence-corrected chi connectivity index (χ1v) is 3.34. The molecule has 0 aliphatic heterocycles. The van der Waals surface area contributed by atoms with Crippen LogP contribution in [0.3, 0.4) is 0 Å². The van der Waals surface area contributed by atoms with Crippen LogP contribution in [0.25, 0.3) is 0 Å². The molecular weight excluding hydrogens is 130 g/mol. The maximum Gasteiger partial charge on any atom is 0.320 e. The van der Waals surface area contributed by atoms with Gasteiger partial charge in [0.25, 0.3) is 0 Å². The van der Waals surface area contributed by atoms with Crippen LogP contribution in [0.2, 0.25) is 0 Å². The van der Waals surface area contributed by atoms with E-state index in [4.69, 9.17) is 10.4 Å². The van der Waals surface area contributed by atoms with Gasteiger partial charge in [-0.2, -0.15) is 5.26 Å². The highest BCUT2D eigenvalue weighted by Gasteiger charge is 2.14. The molecule has 3 nitrogen and oxygen atoms in total. The summed E-state index contributed by atoms with van der Waals surface area (Å²) >= 11 is 0. The Bertz CT molecular complexity index is 148. The van der Waals surface area contributed by atoms with Gasteiger partial charge in [0.05, 0.1) is 6.07 Å². The first kappa shape index (κ1) is 8.96. The molecular formula is C7H11NO2. The Labute approximate surface area is 60.3 Å². The summed E-state index contributed by atoms with van der Waals surface area (Å²) in [5.74, 6) is -1.81. The molecule has 0 radical (unpaired) electrons. The Morgan fingerprint density at radius 2 is 2.40 bits per heavy atom. The third-order valence-corrected chi connectivity index (χ3v) is 1.30. The summed E-state index contributed by atoms with van der Waals surface area (Å²) in [6, 6.07) is 1.74. The monoisotopic (exact) mass is 141 g/mol. The van der Waals surface area contributed by atoms with Crippen molar-refractivity contribution in [3.63, 3.8) is 0 Å². The van der Waals surface area contributed by atoms with E-state index in [9.17, 15) is 4.79 Å². The fourth-order valence-corrected chi connectivity index (χ4v) is 0.651. The lowest BCUT2D eigenvalue weighted by Gasteiger charge is -1.99. The molecule has 0 aliphatic carbocycles. The quantitative estimate of drug-likeness (QED) is 0.643. The Hall–Kier alpha value is -1.04. The molecule has 0 amide bonds. The van der Waals surface area contributed by atoms with Crippen molar-refractivity contribution in [1.29, 1.82) is 5.26 Å². The Morgan fingerprint density at radius 3 is 2.70 bits per heavy atom. The molecule has 0 aromatic heterocycles. The van der Waals surface area contributed by atoms with Crippen molar-refractivity contribution < 1.29 is 9.90 Å². The van der Waals surface area contributed by atoms with Gasteiger partial charge in [-0.25, -0.2) is 0 Å². The van der Waals surface area contributed by atoms with E-state index in [0.29, 0.717) is 6.42 Å². The average Bonchev–Trinajstić information content (AvgIpc) is 1.89. The molecule has 0 heterocycles. The van der Waals surface area contributed by atoms with Crippen molar-refractivity contribution in [3.8, 4) is 6.07 Å². The molecule has 0 rings (SSSR count). The molecule has 10 heavy (non-hydrogen) atoms. The molecule has 1 N–H and O–H groups in total. The van der Waals surface area contributed by atoms with Crippen molar-refractivity contribution >= 4 is 5.97 Å². The van der Waals surface area contributed by atoms with Crippen molar-refractivity contribution in [1.82, 2.24) is 0 Å². The van der Waals surface area contributed by atoms with Gasteiger partial charge in [0, 0.05) is 0 Å². The maximum absolute atomic E-state index is 10.2. The van der Waals surface area contributed by atoms with E-state index in [2.05, 4.69) is 0 Å². The predicted octanol–water partition coefficient (Wildman–Crippen LogP) is 1.40. The molecule has 56 valence electrons. The zero-order chi connectivity index (χ0) is 7.98. The standard InChI is InChI=1S/C7H11NO2/c1-2-3-4-6(5-8)7(9)10/h6H,2-4H2,1H3,(H,9,10). The van der Waals surface area contributed by atoms with Gasteiger partial charge in [0.1, 0.15) is 5.92 Å². The lowest BCUT2D eigenvalue weighted by molar-refractivity contribution is -0.140. The predicted molar refractivity (Wildman–Crippen MR) is 36.3 cm³/mol. The molecule has 1 unspecified atom stereocenters. The first-order chi connectivity index (χ1) is 4.72. The Morgan fingerprint density at radius 1 is 1.80 bits per heavy atom. The summed E-state index contributed by atoms with van der Waals surface area (Å²) in [5, 5.41) is 16.7. The summed E-state index contributed by atoms with van der Waals surface area (Å²) in [4.78, 5) is 10.2.